The van der Waals surface area contributed by atoms with Crippen molar-refractivity contribution >= 4 is 17.2 Å². The van der Waals surface area contributed by atoms with Crippen LogP contribution in [0, 0.1) is 5.92 Å². The Morgan fingerprint density at radius 2 is 2.32 bits per heavy atom. The van der Waals surface area contributed by atoms with Gasteiger partial charge in [0, 0.05) is 38.2 Å². The molecule has 0 aliphatic carbocycles. The Hall–Kier alpha value is -0.950. The lowest BCUT2D eigenvalue weighted by Gasteiger charge is -2.39. The number of hydrogen-bond donors (Lipinski definition) is 2. The van der Waals surface area contributed by atoms with Crippen LogP contribution in [0.4, 0.5) is 0 Å². The van der Waals surface area contributed by atoms with Crippen molar-refractivity contribution in [2.24, 2.45) is 17.4 Å². The van der Waals surface area contributed by atoms with Crippen molar-refractivity contribution in [3.8, 4) is 0 Å². The van der Waals surface area contributed by atoms with Crippen LogP contribution in [0.1, 0.15) is 40.9 Å². The van der Waals surface area contributed by atoms with E-state index in [1.807, 2.05) is 16.3 Å². The highest BCUT2D eigenvalue weighted by atomic mass is 32.1. The molecule has 22 heavy (non-hydrogen) atoms. The van der Waals surface area contributed by atoms with E-state index in [0.29, 0.717) is 12.5 Å². The van der Waals surface area contributed by atoms with E-state index in [9.17, 15) is 4.79 Å². The van der Waals surface area contributed by atoms with Crippen molar-refractivity contribution in [1.82, 2.24) is 4.90 Å². The summed E-state index contributed by atoms with van der Waals surface area (Å²) in [7, 11) is 0. The van der Waals surface area contributed by atoms with Gasteiger partial charge in [-0.25, -0.2) is 0 Å². The summed E-state index contributed by atoms with van der Waals surface area (Å²) in [6.07, 6.45) is 4.24. The molecular formula is C16H25N3O2S. The molecule has 4 N–H and O–H groups in total. The number of nitrogens with two attached hydrogens (primary N) is 2. The van der Waals surface area contributed by atoms with E-state index < -0.39 is 0 Å². The first-order valence-electron chi connectivity index (χ1n) is 8.11. The summed E-state index contributed by atoms with van der Waals surface area (Å²) in [6.45, 7) is 2.86. The molecule has 3 heterocycles. The van der Waals surface area contributed by atoms with Crippen molar-refractivity contribution in [3.05, 3.63) is 21.9 Å². The topological polar surface area (TPSA) is 81.6 Å². The molecule has 0 radical (unpaired) electrons. The van der Waals surface area contributed by atoms with Crippen LogP contribution in [-0.2, 0) is 11.3 Å². The van der Waals surface area contributed by atoms with Gasteiger partial charge in [0.2, 0.25) is 0 Å². The van der Waals surface area contributed by atoms with Gasteiger partial charge in [0.25, 0.3) is 5.91 Å². The molecular weight excluding hydrogens is 298 g/mol. The summed E-state index contributed by atoms with van der Waals surface area (Å²) in [5, 5.41) is 1.97. The predicted octanol–water partition coefficient (Wildman–Crippen LogP) is 1.57. The number of amides is 1. The van der Waals surface area contributed by atoms with Gasteiger partial charge in [-0.3, -0.25) is 4.79 Å². The molecule has 1 amide bonds. The second-order valence-electron chi connectivity index (χ2n) is 6.37. The van der Waals surface area contributed by atoms with Crippen LogP contribution < -0.4 is 11.5 Å². The van der Waals surface area contributed by atoms with Crippen LogP contribution in [0.25, 0.3) is 0 Å². The van der Waals surface area contributed by atoms with Crippen LogP contribution in [-0.4, -0.2) is 42.6 Å². The van der Waals surface area contributed by atoms with Crippen molar-refractivity contribution < 1.29 is 9.53 Å². The zero-order valence-corrected chi connectivity index (χ0v) is 13.7. The highest BCUT2D eigenvalue weighted by Crippen LogP contribution is 2.28. The quantitative estimate of drug-likeness (QED) is 0.884. The molecule has 0 bridgehead atoms. The maximum Gasteiger partial charge on any atom is 0.263 e. The van der Waals surface area contributed by atoms with E-state index in [1.54, 1.807) is 0 Å². The molecule has 5 nitrogen and oxygen atoms in total. The number of piperidine rings is 1. The zero-order valence-electron chi connectivity index (χ0n) is 12.9. The van der Waals surface area contributed by atoms with Gasteiger partial charge in [0.1, 0.15) is 0 Å². The largest absolute Gasteiger partial charge is 0.378 e. The maximum absolute atomic E-state index is 12.7. The fraction of sp³-hybridized carbons (Fsp3) is 0.688. The fourth-order valence-corrected chi connectivity index (χ4v) is 4.32. The SMILES string of the molecule is NCc1csc(C(=O)N2CCCC(C3CC(N)CCO3)C2)c1. The Kier molecular flexibility index (Phi) is 5.13. The highest BCUT2D eigenvalue weighted by Gasteiger charge is 2.33. The molecule has 0 spiro atoms. The molecule has 122 valence electrons. The van der Waals surface area contributed by atoms with Crippen molar-refractivity contribution in [2.75, 3.05) is 19.7 Å². The Labute approximate surface area is 135 Å². The Morgan fingerprint density at radius 1 is 1.45 bits per heavy atom. The summed E-state index contributed by atoms with van der Waals surface area (Å²) < 4.78 is 5.91. The van der Waals surface area contributed by atoms with Crippen molar-refractivity contribution in [3.63, 3.8) is 0 Å². The van der Waals surface area contributed by atoms with E-state index in [4.69, 9.17) is 16.2 Å². The molecule has 2 saturated heterocycles. The number of carbonyl (C=O) groups excluding carboxylic acids is 1. The van der Waals surface area contributed by atoms with Crippen LogP contribution in [0.3, 0.4) is 0 Å². The molecule has 6 heteroatoms. The number of likely N-dealkylation sites (tertiary alicyclic amines) is 1. The summed E-state index contributed by atoms with van der Waals surface area (Å²) in [4.78, 5) is 15.4. The van der Waals surface area contributed by atoms with Crippen LogP contribution >= 0.6 is 11.3 Å². The second-order valence-corrected chi connectivity index (χ2v) is 7.28. The van der Waals surface area contributed by atoms with Gasteiger partial charge in [0.05, 0.1) is 11.0 Å². The van der Waals surface area contributed by atoms with E-state index >= 15 is 0 Å². The van der Waals surface area contributed by atoms with E-state index in [0.717, 1.165) is 55.8 Å². The molecule has 3 rings (SSSR count). The van der Waals surface area contributed by atoms with Gasteiger partial charge in [-0.1, -0.05) is 0 Å². The van der Waals surface area contributed by atoms with Crippen LogP contribution in [0.2, 0.25) is 0 Å². The Morgan fingerprint density at radius 3 is 3.05 bits per heavy atom. The number of hydrogen-bond acceptors (Lipinski definition) is 5. The fourth-order valence-electron chi connectivity index (χ4n) is 3.43. The summed E-state index contributed by atoms with van der Waals surface area (Å²) in [5.74, 6) is 0.549. The van der Waals surface area contributed by atoms with Crippen molar-refractivity contribution in [2.45, 2.75) is 44.4 Å². The molecule has 1 aromatic rings. The Balaban J connectivity index is 1.63. The van der Waals surface area contributed by atoms with Gasteiger partial charge >= 0.3 is 0 Å². The molecule has 1 aromatic heterocycles. The zero-order chi connectivity index (χ0) is 15.5. The lowest BCUT2D eigenvalue weighted by atomic mass is 9.87. The molecule has 2 fully saturated rings. The molecule has 0 aromatic carbocycles. The van der Waals surface area contributed by atoms with Crippen LogP contribution in [0.5, 0.6) is 0 Å². The number of carbonyl (C=O) groups is 1. The van der Waals surface area contributed by atoms with Gasteiger partial charge in [0.15, 0.2) is 0 Å². The number of thiophene rings is 1. The third-order valence-electron chi connectivity index (χ3n) is 4.73. The van der Waals surface area contributed by atoms with Gasteiger partial charge in [-0.15, -0.1) is 11.3 Å². The van der Waals surface area contributed by atoms with E-state index in [1.165, 1.54) is 11.3 Å². The molecule has 3 unspecified atom stereocenters. The molecule has 2 aliphatic rings. The van der Waals surface area contributed by atoms with Gasteiger partial charge < -0.3 is 21.1 Å². The first-order valence-corrected chi connectivity index (χ1v) is 8.99. The number of ether oxygens (including phenoxy) is 1. The average molecular weight is 323 g/mol. The third-order valence-corrected chi connectivity index (χ3v) is 5.69. The normalized spacial score (nSPS) is 29.5. The summed E-state index contributed by atoms with van der Waals surface area (Å²) in [6, 6.07) is 2.16. The summed E-state index contributed by atoms with van der Waals surface area (Å²) in [5.41, 5.74) is 12.7. The second kappa shape index (κ2) is 7.08. The first-order chi connectivity index (χ1) is 10.7. The standard InChI is InChI=1S/C16H25N3O2S/c17-8-11-6-15(22-10-11)16(20)19-4-1-2-12(9-19)14-7-13(18)3-5-21-14/h6,10,12-14H,1-5,7-9,17-18H2. The van der Waals surface area contributed by atoms with Gasteiger partial charge in [-0.05, 0) is 42.7 Å². The number of nitrogens with zero attached hydrogens (tertiary/aromatic N) is 1. The lowest BCUT2D eigenvalue weighted by molar-refractivity contribution is -0.0439. The van der Waals surface area contributed by atoms with E-state index in [-0.39, 0.29) is 18.1 Å². The van der Waals surface area contributed by atoms with E-state index in [2.05, 4.69) is 0 Å². The molecule has 0 saturated carbocycles. The molecule has 3 atom stereocenters. The predicted molar refractivity (Wildman–Crippen MR) is 87.8 cm³/mol. The smallest absolute Gasteiger partial charge is 0.263 e. The molecule has 2 aliphatic heterocycles. The van der Waals surface area contributed by atoms with Gasteiger partial charge in [-0.2, -0.15) is 0 Å². The van der Waals surface area contributed by atoms with Crippen molar-refractivity contribution in [1.29, 1.82) is 0 Å². The third kappa shape index (κ3) is 3.51. The van der Waals surface area contributed by atoms with Crippen LogP contribution in [0.15, 0.2) is 11.4 Å². The minimum absolute atomic E-state index is 0.134. The number of rotatable bonds is 3. The summed E-state index contributed by atoms with van der Waals surface area (Å²) >= 11 is 1.49. The first kappa shape index (κ1) is 15.9. The highest BCUT2D eigenvalue weighted by molar-refractivity contribution is 7.12. The minimum atomic E-state index is 0.134. The maximum atomic E-state index is 12.7. The Bertz CT molecular complexity index is 519. The minimum Gasteiger partial charge on any atom is -0.378 e. The lowest BCUT2D eigenvalue weighted by Crippen LogP contribution is -2.47. The monoisotopic (exact) mass is 323 g/mol. The average Bonchev–Trinajstić information content (AvgIpc) is 3.03.